The number of carbonyl (C=O) groups is 1. The number of alkyl halides is 3. The molecule has 2 N–H and O–H groups in total. The highest BCUT2D eigenvalue weighted by molar-refractivity contribution is 6.00. The van der Waals surface area contributed by atoms with Crippen molar-refractivity contribution in [3.05, 3.63) is 89.8 Å². The molecule has 0 aliphatic heterocycles. The molecule has 1 aliphatic rings. The molecule has 0 bridgehead atoms. The number of hydrogen-bond donors (Lipinski definition) is 2. The van der Waals surface area contributed by atoms with Gasteiger partial charge < -0.3 is 10.6 Å². The van der Waals surface area contributed by atoms with Crippen LogP contribution in [0.15, 0.2) is 66.7 Å². The summed E-state index contributed by atoms with van der Waals surface area (Å²) in [7, 11) is 0. The second kappa shape index (κ2) is 8.46. The van der Waals surface area contributed by atoms with Crippen LogP contribution < -0.4 is 10.6 Å². The fourth-order valence-electron chi connectivity index (χ4n) is 3.85. The average Bonchev–Trinajstić information content (AvgIpc) is 2.73. The van der Waals surface area contributed by atoms with E-state index in [1.54, 1.807) is 6.07 Å². The average molecular weight is 423 g/mol. The molecule has 2 amide bonds. The summed E-state index contributed by atoms with van der Waals surface area (Å²) in [6, 6.07) is 17.8. The van der Waals surface area contributed by atoms with E-state index in [0.29, 0.717) is 11.6 Å². The Morgan fingerprint density at radius 1 is 0.903 bits per heavy atom. The number of para-hydroxylation sites is 1. The third kappa shape index (κ3) is 4.90. The standard InChI is InChI=1S/C25H22F3N2O/c1-16-9-10-17-11-12-19(14-20(17)13-16)18-5-4-6-21(15-18)29-24(31)30-23-8-3-2-7-22(23)25(26,27)28/h2-9,11-12,14-16H,10,13H2,1H3,(H2,29,30,31). The number of anilines is 2. The van der Waals surface area contributed by atoms with Crippen LogP contribution in [0.5, 0.6) is 0 Å². The van der Waals surface area contributed by atoms with Gasteiger partial charge in [0.2, 0.25) is 0 Å². The maximum atomic E-state index is 13.1. The largest absolute Gasteiger partial charge is 0.418 e. The van der Waals surface area contributed by atoms with Crippen molar-refractivity contribution in [2.45, 2.75) is 25.9 Å². The number of benzene rings is 3. The zero-order chi connectivity index (χ0) is 22.0. The summed E-state index contributed by atoms with van der Waals surface area (Å²) in [5, 5.41) is 4.92. The van der Waals surface area contributed by atoms with Crippen molar-refractivity contribution in [2.75, 3.05) is 10.6 Å². The molecule has 0 fully saturated rings. The number of hydrogen-bond acceptors (Lipinski definition) is 1. The highest BCUT2D eigenvalue weighted by Crippen LogP contribution is 2.35. The summed E-state index contributed by atoms with van der Waals surface area (Å²) in [5.74, 6) is 0.541. The van der Waals surface area contributed by atoms with Gasteiger partial charge in [0.1, 0.15) is 0 Å². The molecule has 0 heterocycles. The number of carbonyl (C=O) groups excluding carboxylic acids is 1. The topological polar surface area (TPSA) is 41.1 Å². The number of halogens is 3. The van der Waals surface area contributed by atoms with Crippen molar-refractivity contribution in [3.63, 3.8) is 0 Å². The quantitative estimate of drug-likeness (QED) is 0.470. The first-order chi connectivity index (χ1) is 14.8. The van der Waals surface area contributed by atoms with Crippen LogP contribution >= 0.6 is 0 Å². The zero-order valence-electron chi connectivity index (χ0n) is 17.0. The van der Waals surface area contributed by atoms with Crippen molar-refractivity contribution in [2.24, 2.45) is 5.92 Å². The van der Waals surface area contributed by atoms with Gasteiger partial charge in [-0.15, -0.1) is 0 Å². The Bertz CT molecular complexity index is 1110. The number of amides is 2. The number of nitrogens with one attached hydrogen (secondary N) is 2. The van der Waals surface area contributed by atoms with Gasteiger partial charge in [-0.1, -0.05) is 49.4 Å². The molecule has 3 nitrogen and oxygen atoms in total. The Labute approximate surface area is 179 Å². The Morgan fingerprint density at radius 2 is 1.68 bits per heavy atom. The van der Waals surface area contributed by atoms with Gasteiger partial charge in [0.15, 0.2) is 0 Å². The molecule has 1 radical (unpaired) electrons. The first kappa shape index (κ1) is 21.0. The Kier molecular flexibility index (Phi) is 5.72. The van der Waals surface area contributed by atoms with Gasteiger partial charge in [0.25, 0.3) is 0 Å². The van der Waals surface area contributed by atoms with Gasteiger partial charge in [-0.3, -0.25) is 0 Å². The van der Waals surface area contributed by atoms with Crippen LogP contribution in [0.4, 0.5) is 29.3 Å². The predicted octanol–water partition coefficient (Wildman–Crippen LogP) is 6.96. The van der Waals surface area contributed by atoms with E-state index in [0.717, 1.165) is 30.0 Å². The molecule has 0 aromatic heterocycles. The summed E-state index contributed by atoms with van der Waals surface area (Å²) in [6.45, 7) is 2.20. The molecule has 31 heavy (non-hydrogen) atoms. The second-order valence-corrected chi connectivity index (χ2v) is 7.81. The molecule has 0 saturated carbocycles. The molecular weight excluding hydrogens is 401 g/mol. The maximum Gasteiger partial charge on any atom is 0.418 e. The SMILES string of the molecule is CC1[CH]Cc2ccc(-c3cccc(NC(=O)Nc4ccccc4C(F)(F)F)c3)cc2C1. The van der Waals surface area contributed by atoms with E-state index < -0.39 is 17.8 Å². The molecular formula is C25H22F3N2O. The van der Waals surface area contributed by atoms with E-state index in [1.165, 1.54) is 29.3 Å². The molecule has 4 rings (SSSR count). The van der Waals surface area contributed by atoms with E-state index in [1.807, 2.05) is 18.2 Å². The zero-order valence-corrected chi connectivity index (χ0v) is 17.0. The lowest BCUT2D eigenvalue weighted by atomic mass is 9.83. The van der Waals surface area contributed by atoms with Gasteiger partial charge in [-0.2, -0.15) is 13.2 Å². The van der Waals surface area contributed by atoms with Crippen LogP contribution in [-0.2, 0) is 19.0 Å². The van der Waals surface area contributed by atoms with Crippen molar-refractivity contribution < 1.29 is 18.0 Å². The van der Waals surface area contributed by atoms with Crippen LogP contribution in [0.3, 0.4) is 0 Å². The van der Waals surface area contributed by atoms with Crippen molar-refractivity contribution in [1.29, 1.82) is 0 Å². The van der Waals surface area contributed by atoms with Crippen LogP contribution in [0.1, 0.15) is 23.6 Å². The number of rotatable bonds is 3. The first-order valence-electron chi connectivity index (χ1n) is 10.1. The van der Waals surface area contributed by atoms with Crippen molar-refractivity contribution in [3.8, 4) is 11.1 Å². The van der Waals surface area contributed by atoms with Gasteiger partial charge in [-0.25, -0.2) is 4.79 Å². The third-order valence-electron chi connectivity index (χ3n) is 5.42. The van der Waals surface area contributed by atoms with Gasteiger partial charge in [0.05, 0.1) is 11.3 Å². The highest BCUT2D eigenvalue weighted by atomic mass is 19.4. The summed E-state index contributed by atoms with van der Waals surface area (Å²) >= 11 is 0. The van der Waals surface area contributed by atoms with E-state index in [-0.39, 0.29) is 5.69 Å². The minimum absolute atomic E-state index is 0.288. The molecule has 0 spiro atoms. The fourth-order valence-corrected chi connectivity index (χ4v) is 3.85. The number of fused-ring (bicyclic) bond motifs is 1. The summed E-state index contributed by atoms with van der Waals surface area (Å²) < 4.78 is 39.4. The van der Waals surface area contributed by atoms with Crippen LogP contribution in [0.25, 0.3) is 11.1 Å². The van der Waals surface area contributed by atoms with Gasteiger partial charge in [0, 0.05) is 5.69 Å². The van der Waals surface area contributed by atoms with Gasteiger partial charge in [-0.05, 0) is 71.7 Å². The van der Waals surface area contributed by atoms with E-state index in [4.69, 9.17) is 0 Å². The molecule has 3 aromatic carbocycles. The van der Waals surface area contributed by atoms with Crippen LogP contribution in [0.2, 0.25) is 0 Å². The van der Waals surface area contributed by atoms with E-state index in [2.05, 4.69) is 42.2 Å². The third-order valence-corrected chi connectivity index (χ3v) is 5.42. The summed E-state index contributed by atoms with van der Waals surface area (Å²) in [4.78, 5) is 12.3. The monoisotopic (exact) mass is 423 g/mol. The summed E-state index contributed by atoms with van der Waals surface area (Å²) in [6.07, 6.45) is -0.256. The predicted molar refractivity (Wildman–Crippen MR) is 117 cm³/mol. The second-order valence-electron chi connectivity index (χ2n) is 7.81. The van der Waals surface area contributed by atoms with Crippen LogP contribution in [-0.4, -0.2) is 6.03 Å². The Morgan fingerprint density at radius 3 is 2.48 bits per heavy atom. The minimum Gasteiger partial charge on any atom is -0.308 e. The molecule has 3 aromatic rings. The Hall–Kier alpha value is -3.28. The fraction of sp³-hybridized carbons (Fsp3) is 0.200. The molecule has 159 valence electrons. The van der Waals surface area contributed by atoms with E-state index in [9.17, 15) is 18.0 Å². The van der Waals surface area contributed by atoms with Crippen molar-refractivity contribution in [1.82, 2.24) is 0 Å². The lowest BCUT2D eigenvalue weighted by Gasteiger charge is -2.22. The molecule has 6 heteroatoms. The summed E-state index contributed by atoms with van der Waals surface area (Å²) in [5.41, 5.74) is 3.95. The lowest BCUT2D eigenvalue weighted by Crippen LogP contribution is -2.21. The van der Waals surface area contributed by atoms with Crippen molar-refractivity contribution >= 4 is 17.4 Å². The highest BCUT2D eigenvalue weighted by Gasteiger charge is 2.33. The normalized spacial score (nSPS) is 15.8. The molecule has 1 unspecified atom stereocenters. The molecule has 1 atom stereocenters. The Balaban J connectivity index is 1.51. The molecule has 1 aliphatic carbocycles. The van der Waals surface area contributed by atoms with E-state index >= 15 is 0 Å². The lowest BCUT2D eigenvalue weighted by molar-refractivity contribution is -0.136. The van der Waals surface area contributed by atoms with Gasteiger partial charge >= 0.3 is 12.2 Å². The first-order valence-corrected chi connectivity index (χ1v) is 10.1. The minimum atomic E-state index is -4.55. The van der Waals surface area contributed by atoms with Crippen LogP contribution in [0, 0.1) is 12.3 Å². The smallest absolute Gasteiger partial charge is 0.308 e. The number of urea groups is 1. The maximum absolute atomic E-state index is 13.1. The molecule has 0 saturated heterocycles.